The van der Waals surface area contributed by atoms with E-state index in [1.165, 1.54) is 0 Å². The SMILES string of the molecule is O/N=C(\c1ccccc1)c1cc2c(ccc3ccccc32)o1. The largest absolute Gasteiger partial charge is 0.454 e. The zero-order chi connectivity index (χ0) is 14.9. The summed E-state index contributed by atoms with van der Waals surface area (Å²) in [4.78, 5) is 0. The molecule has 106 valence electrons. The molecule has 22 heavy (non-hydrogen) atoms. The molecule has 3 aromatic carbocycles. The summed E-state index contributed by atoms with van der Waals surface area (Å²) in [5, 5.41) is 16.1. The maximum Gasteiger partial charge on any atom is 0.157 e. The van der Waals surface area contributed by atoms with Crippen molar-refractivity contribution in [1.29, 1.82) is 0 Å². The average molecular weight is 287 g/mol. The van der Waals surface area contributed by atoms with Gasteiger partial charge in [0.25, 0.3) is 0 Å². The molecule has 0 aliphatic rings. The zero-order valence-electron chi connectivity index (χ0n) is 11.7. The first kappa shape index (κ1) is 12.7. The van der Waals surface area contributed by atoms with Crippen molar-refractivity contribution in [2.45, 2.75) is 0 Å². The van der Waals surface area contributed by atoms with Crippen LogP contribution < -0.4 is 0 Å². The predicted molar refractivity (Wildman–Crippen MR) is 87.6 cm³/mol. The molecule has 0 aliphatic carbocycles. The van der Waals surface area contributed by atoms with Crippen molar-refractivity contribution in [3.8, 4) is 0 Å². The highest BCUT2D eigenvalue weighted by Crippen LogP contribution is 2.29. The van der Waals surface area contributed by atoms with Crippen LogP contribution in [0.4, 0.5) is 0 Å². The Morgan fingerprint density at radius 2 is 1.59 bits per heavy atom. The van der Waals surface area contributed by atoms with Gasteiger partial charge in [-0.1, -0.05) is 65.8 Å². The van der Waals surface area contributed by atoms with Crippen molar-refractivity contribution in [3.63, 3.8) is 0 Å². The van der Waals surface area contributed by atoms with Crippen molar-refractivity contribution < 1.29 is 9.62 Å². The number of benzene rings is 3. The number of furan rings is 1. The van der Waals surface area contributed by atoms with Crippen molar-refractivity contribution in [1.82, 2.24) is 0 Å². The van der Waals surface area contributed by atoms with Gasteiger partial charge in [0, 0.05) is 10.9 Å². The Morgan fingerprint density at radius 1 is 0.818 bits per heavy atom. The van der Waals surface area contributed by atoms with E-state index in [-0.39, 0.29) is 0 Å². The highest BCUT2D eigenvalue weighted by molar-refractivity contribution is 6.15. The van der Waals surface area contributed by atoms with Crippen LogP contribution in [0, 0.1) is 0 Å². The van der Waals surface area contributed by atoms with E-state index >= 15 is 0 Å². The third-order valence-corrected chi connectivity index (χ3v) is 3.81. The average Bonchev–Trinajstić information content (AvgIpc) is 3.01. The van der Waals surface area contributed by atoms with Crippen molar-refractivity contribution in [2.75, 3.05) is 0 Å². The third-order valence-electron chi connectivity index (χ3n) is 3.81. The second-order valence-electron chi connectivity index (χ2n) is 5.12. The first-order valence-electron chi connectivity index (χ1n) is 7.06. The monoisotopic (exact) mass is 287 g/mol. The van der Waals surface area contributed by atoms with Crippen molar-refractivity contribution in [3.05, 3.63) is 84.1 Å². The van der Waals surface area contributed by atoms with Crippen molar-refractivity contribution >= 4 is 27.5 Å². The molecule has 0 spiro atoms. The second kappa shape index (κ2) is 5.04. The van der Waals surface area contributed by atoms with Gasteiger partial charge in [0.1, 0.15) is 5.58 Å². The molecule has 0 saturated carbocycles. The topological polar surface area (TPSA) is 45.7 Å². The van der Waals surface area contributed by atoms with E-state index < -0.39 is 0 Å². The lowest BCUT2D eigenvalue weighted by Gasteiger charge is -1.99. The van der Waals surface area contributed by atoms with Gasteiger partial charge in [-0.3, -0.25) is 0 Å². The summed E-state index contributed by atoms with van der Waals surface area (Å²) in [5.74, 6) is 0.556. The van der Waals surface area contributed by atoms with Crippen LogP contribution in [0.15, 0.2) is 82.4 Å². The highest BCUT2D eigenvalue weighted by atomic mass is 16.4. The maximum atomic E-state index is 9.40. The van der Waals surface area contributed by atoms with Crippen LogP contribution in [-0.4, -0.2) is 10.9 Å². The lowest BCUT2D eigenvalue weighted by atomic mass is 10.1. The van der Waals surface area contributed by atoms with Gasteiger partial charge < -0.3 is 9.62 Å². The molecule has 3 nitrogen and oxygen atoms in total. The Balaban J connectivity index is 1.94. The van der Waals surface area contributed by atoms with Gasteiger partial charge in [-0.2, -0.15) is 0 Å². The molecular formula is C19H13NO2. The molecule has 4 rings (SSSR count). The first-order valence-corrected chi connectivity index (χ1v) is 7.06. The van der Waals surface area contributed by atoms with Gasteiger partial charge in [0.15, 0.2) is 11.5 Å². The van der Waals surface area contributed by atoms with Gasteiger partial charge in [-0.25, -0.2) is 0 Å². The molecule has 0 radical (unpaired) electrons. The summed E-state index contributed by atoms with van der Waals surface area (Å²) in [6.07, 6.45) is 0. The minimum atomic E-state index is 0.431. The van der Waals surface area contributed by atoms with E-state index in [2.05, 4.69) is 17.3 Å². The minimum absolute atomic E-state index is 0.431. The normalized spacial score (nSPS) is 12.1. The summed E-state index contributed by atoms with van der Waals surface area (Å²) in [6, 6.07) is 23.6. The molecule has 1 aromatic heterocycles. The van der Waals surface area contributed by atoms with Crippen molar-refractivity contribution in [2.24, 2.45) is 5.16 Å². The molecular weight excluding hydrogens is 274 g/mol. The van der Waals surface area contributed by atoms with Crippen LogP contribution in [0.3, 0.4) is 0 Å². The molecule has 3 heteroatoms. The van der Waals surface area contributed by atoms with Crippen LogP contribution in [-0.2, 0) is 0 Å². The molecule has 0 amide bonds. The third kappa shape index (κ3) is 1.95. The van der Waals surface area contributed by atoms with Gasteiger partial charge in [-0.05, 0) is 22.9 Å². The standard InChI is InChI=1S/C19H13NO2/c21-20-19(14-7-2-1-3-8-14)18-12-16-15-9-5-4-6-13(15)10-11-17(16)22-18/h1-12,21H/b20-19+. The molecule has 0 fully saturated rings. The second-order valence-corrected chi connectivity index (χ2v) is 5.12. The molecule has 0 unspecified atom stereocenters. The first-order chi connectivity index (χ1) is 10.9. The molecule has 0 saturated heterocycles. The van der Waals surface area contributed by atoms with Crippen LogP contribution in [0.2, 0.25) is 0 Å². The van der Waals surface area contributed by atoms with E-state index in [1.807, 2.05) is 60.7 Å². The molecule has 0 atom stereocenters. The molecule has 4 aromatic rings. The van der Waals surface area contributed by atoms with Crippen LogP contribution in [0.5, 0.6) is 0 Å². The quantitative estimate of drug-likeness (QED) is 0.326. The van der Waals surface area contributed by atoms with E-state index in [9.17, 15) is 5.21 Å². The Labute approximate surface area is 127 Å². The minimum Gasteiger partial charge on any atom is -0.454 e. The molecule has 1 N–H and O–H groups in total. The van der Waals surface area contributed by atoms with Gasteiger partial charge in [0.2, 0.25) is 0 Å². The molecule has 1 heterocycles. The summed E-state index contributed by atoms with van der Waals surface area (Å²) in [6.45, 7) is 0. The number of rotatable bonds is 2. The molecule has 0 bridgehead atoms. The number of hydrogen-bond acceptors (Lipinski definition) is 3. The smallest absolute Gasteiger partial charge is 0.157 e. The summed E-state index contributed by atoms with van der Waals surface area (Å²) < 4.78 is 5.89. The van der Waals surface area contributed by atoms with Crippen LogP contribution in [0.1, 0.15) is 11.3 Å². The van der Waals surface area contributed by atoms with Crippen LogP contribution >= 0.6 is 0 Å². The van der Waals surface area contributed by atoms with E-state index in [4.69, 9.17) is 4.42 Å². The lowest BCUT2D eigenvalue weighted by Crippen LogP contribution is -2.01. The Kier molecular flexibility index (Phi) is 2.90. The zero-order valence-corrected chi connectivity index (χ0v) is 11.7. The number of oxime groups is 1. The van der Waals surface area contributed by atoms with E-state index in [1.54, 1.807) is 0 Å². The number of nitrogens with zero attached hydrogens (tertiary/aromatic N) is 1. The van der Waals surface area contributed by atoms with Crippen LogP contribution in [0.25, 0.3) is 21.7 Å². The summed E-state index contributed by atoms with van der Waals surface area (Å²) in [5.41, 5.74) is 2.03. The predicted octanol–water partition coefficient (Wildman–Crippen LogP) is 4.81. The van der Waals surface area contributed by atoms with Gasteiger partial charge in [0.05, 0.1) is 0 Å². The van der Waals surface area contributed by atoms with Gasteiger partial charge >= 0.3 is 0 Å². The van der Waals surface area contributed by atoms with E-state index in [0.717, 1.165) is 27.3 Å². The Bertz CT molecular complexity index is 984. The summed E-state index contributed by atoms with van der Waals surface area (Å²) in [7, 11) is 0. The van der Waals surface area contributed by atoms with E-state index in [0.29, 0.717) is 11.5 Å². The summed E-state index contributed by atoms with van der Waals surface area (Å²) >= 11 is 0. The fraction of sp³-hybridized carbons (Fsp3) is 0. The lowest BCUT2D eigenvalue weighted by molar-refractivity contribution is 0.318. The fourth-order valence-electron chi connectivity index (χ4n) is 2.75. The molecule has 0 aliphatic heterocycles. The highest BCUT2D eigenvalue weighted by Gasteiger charge is 2.14. The number of hydrogen-bond donors (Lipinski definition) is 1. The number of fused-ring (bicyclic) bond motifs is 3. The maximum absolute atomic E-state index is 9.40. The Hall–Kier alpha value is -3.07. The fourth-order valence-corrected chi connectivity index (χ4v) is 2.75. The van der Waals surface area contributed by atoms with Gasteiger partial charge in [-0.15, -0.1) is 0 Å². The Morgan fingerprint density at radius 3 is 2.41 bits per heavy atom.